The fourth-order valence-corrected chi connectivity index (χ4v) is 4.57. The molecule has 1 amide bonds. The normalized spacial score (nSPS) is 26.0. The highest BCUT2D eigenvalue weighted by Crippen LogP contribution is 2.36. The minimum atomic E-state index is -0.592. The molecular weight excluding hydrogens is 381 g/mol. The summed E-state index contributed by atoms with van der Waals surface area (Å²) in [6.45, 7) is 9.40. The number of amides is 1. The predicted molar refractivity (Wildman–Crippen MR) is 114 cm³/mol. The van der Waals surface area contributed by atoms with Crippen LogP contribution in [-0.4, -0.2) is 48.7 Å². The van der Waals surface area contributed by atoms with Crippen molar-refractivity contribution in [3.63, 3.8) is 0 Å². The van der Waals surface area contributed by atoms with Gasteiger partial charge in [0.15, 0.2) is 0 Å². The zero-order valence-electron chi connectivity index (χ0n) is 17.1. The average molecular weight is 408 g/mol. The Morgan fingerprint density at radius 2 is 2.03 bits per heavy atom. The van der Waals surface area contributed by atoms with E-state index in [1.165, 1.54) is 17.7 Å². The molecule has 0 aromatic heterocycles. The molecule has 1 N–H and O–H groups in total. The minimum absolute atomic E-state index is 0.0130. The van der Waals surface area contributed by atoms with Crippen LogP contribution in [0.3, 0.4) is 0 Å². The largest absolute Gasteiger partial charge is 0.366 e. The number of fused-ring (bicyclic) bond motifs is 1. The van der Waals surface area contributed by atoms with E-state index >= 15 is 0 Å². The molecule has 0 saturated carbocycles. The Morgan fingerprint density at radius 1 is 1.27 bits per heavy atom. The van der Waals surface area contributed by atoms with Gasteiger partial charge in [-0.25, -0.2) is 4.39 Å². The van der Waals surface area contributed by atoms with Crippen LogP contribution in [0.5, 0.6) is 0 Å². The highest BCUT2D eigenvalue weighted by molar-refractivity contribution is 5.82. The molecule has 2 aliphatic rings. The second-order valence-electron chi connectivity index (χ2n) is 7.87. The molecule has 2 heterocycles. The summed E-state index contributed by atoms with van der Waals surface area (Å²) in [5.41, 5.74) is 3.17. The van der Waals surface area contributed by atoms with E-state index in [2.05, 4.69) is 16.2 Å². The van der Waals surface area contributed by atoms with Gasteiger partial charge in [-0.05, 0) is 41.8 Å². The maximum atomic E-state index is 13.6. The zero-order chi connectivity index (χ0) is 21.1. The van der Waals surface area contributed by atoms with E-state index in [9.17, 15) is 9.18 Å². The molecule has 2 aromatic carbocycles. The standard InChI is InChI=1S/C24H27FN3O2/c1-3-27-21-15-30-22(14-20(21)26-2)24(29)28-13-12-16-6-4-5-7-19(16)23(28)17-8-10-18(25)11-9-17/h2,4-11,20-23,27H,3,12-15H2,1H3/q+1/t20-,21-,22+,23-/m0/s1. The molecule has 5 nitrogen and oxygen atoms in total. The van der Waals surface area contributed by atoms with Crippen LogP contribution in [0, 0.1) is 12.4 Å². The number of nitrogens with one attached hydrogen (secondary N) is 1. The highest BCUT2D eigenvalue weighted by atomic mass is 19.1. The van der Waals surface area contributed by atoms with Crippen LogP contribution in [0.4, 0.5) is 4.39 Å². The molecule has 0 aliphatic carbocycles. The van der Waals surface area contributed by atoms with E-state index in [-0.39, 0.29) is 29.8 Å². The molecule has 0 radical (unpaired) electrons. The topological polar surface area (TPSA) is 45.9 Å². The lowest BCUT2D eigenvalue weighted by molar-refractivity contribution is -0.149. The van der Waals surface area contributed by atoms with Gasteiger partial charge in [-0.1, -0.05) is 48.2 Å². The summed E-state index contributed by atoms with van der Waals surface area (Å²) < 4.78 is 19.5. The van der Waals surface area contributed by atoms with Gasteiger partial charge in [-0.15, -0.1) is 0 Å². The molecule has 0 bridgehead atoms. The number of hydrogen-bond donors (Lipinski definition) is 1. The SMILES string of the molecule is C#[N+][C@H]1C[C@H](C(=O)N2CCc3ccccc3[C@@H]2c2ccc(F)cc2)OC[C@@H]1NCC. The van der Waals surface area contributed by atoms with E-state index in [4.69, 9.17) is 11.3 Å². The van der Waals surface area contributed by atoms with Gasteiger partial charge < -0.3 is 15.0 Å². The van der Waals surface area contributed by atoms with Crippen LogP contribution >= 0.6 is 0 Å². The zero-order valence-corrected chi connectivity index (χ0v) is 17.1. The summed E-state index contributed by atoms with van der Waals surface area (Å²) in [6.07, 6.45) is 0.628. The molecule has 4 atom stereocenters. The highest BCUT2D eigenvalue weighted by Gasteiger charge is 2.44. The van der Waals surface area contributed by atoms with Gasteiger partial charge in [0.2, 0.25) is 0 Å². The first-order valence-electron chi connectivity index (χ1n) is 10.5. The molecule has 2 aliphatic heterocycles. The van der Waals surface area contributed by atoms with Crippen molar-refractivity contribution in [1.29, 1.82) is 0 Å². The maximum absolute atomic E-state index is 13.6. The summed E-state index contributed by atoms with van der Waals surface area (Å²) in [5, 5.41) is 3.32. The number of carbonyl (C=O) groups is 1. The summed E-state index contributed by atoms with van der Waals surface area (Å²) in [5.74, 6) is -0.361. The Morgan fingerprint density at radius 3 is 2.77 bits per heavy atom. The molecule has 156 valence electrons. The van der Waals surface area contributed by atoms with Gasteiger partial charge in [0.25, 0.3) is 18.5 Å². The molecule has 4 rings (SSSR count). The molecule has 0 spiro atoms. The van der Waals surface area contributed by atoms with Crippen molar-refractivity contribution >= 4 is 5.91 Å². The molecule has 30 heavy (non-hydrogen) atoms. The number of rotatable bonds is 4. The van der Waals surface area contributed by atoms with Crippen molar-refractivity contribution in [3.05, 3.63) is 75.9 Å². The first kappa shape index (κ1) is 20.5. The monoisotopic (exact) mass is 408 g/mol. The summed E-state index contributed by atoms with van der Waals surface area (Å²) in [7, 11) is 0. The van der Waals surface area contributed by atoms with Crippen LogP contribution in [0.1, 0.15) is 36.1 Å². The lowest BCUT2D eigenvalue weighted by Gasteiger charge is -2.40. The van der Waals surface area contributed by atoms with Crippen molar-refractivity contribution in [2.24, 2.45) is 0 Å². The van der Waals surface area contributed by atoms with Crippen molar-refractivity contribution in [1.82, 2.24) is 10.2 Å². The molecule has 1 fully saturated rings. The van der Waals surface area contributed by atoms with Gasteiger partial charge in [0.05, 0.1) is 19.1 Å². The molecule has 1 saturated heterocycles. The number of nitrogens with zero attached hydrogens (tertiary/aromatic N) is 2. The number of halogens is 1. The minimum Gasteiger partial charge on any atom is -0.366 e. The fourth-order valence-electron chi connectivity index (χ4n) is 4.57. The van der Waals surface area contributed by atoms with Crippen LogP contribution < -0.4 is 5.32 Å². The van der Waals surface area contributed by atoms with Crippen molar-refractivity contribution in [2.75, 3.05) is 19.7 Å². The van der Waals surface area contributed by atoms with E-state index in [0.29, 0.717) is 19.6 Å². The lowest BCUT2D eigenvalue weighted by Crippen LogP contribution is -2.54. The first-order chi connectivity index (χ1) is 14.6. The number of benzene rings is 2. The fraction of sp³-hybridized carbons (Fsp3) is 0.417. The summed E-state index contributed by atoms with van der Waals surface area (Å²) >= 11 is 0. The van der Waals surface area contributed by atoms with Crippen LogP contribution in [0.25, 0.3) is 4.85 Å². The smallest absolute Gasteiger partial charge is 0.292 e. The second-order valence-corrected chi connectivity index (χ2v) is 7.87. The average Bonchev–Trinajstić information content (AvgIpc) is 2.79. The molecular formula is C24H27FN3O2+. The number of hydrogen-bond acceptors (Lipinski definition) is 3. The second kappa shape index (κ2) is 8.95. The van der Waals surface area contributed by atoms with Crippen LogP contribution in [-0.2, 0) is 16.0 Å². The van der Waals surface area contributed by atoms with Gasteiger partial charge >= 0.3 is 0 Å². The third-order valence-electron chi connectivity index (χ3n) is 6.08. The van der Waals surface area contributed by atoms with E-state index < -0.39 is 6.10 Å². The summed E-state index contributed by atoms with van der Waals surface area (Å²) in [4.78, 5) is 19.4. The van der Waals surface area contributed by atoms with E-state index in [0.717, 1.165) is 24.1 Å². The molecule has 6 heteroatoms. The number of ether oxygens (including phenoxy) is 1. The van der Waals surface area contributed by atoms with Crippen LogP contribution in [0.15, 0.2) is 48.5 Å². The van der Waals surface area contributed by atoms with Gasteiger partial charge in [-0.3, -0.25) is 4.79 Å². The van der Waals surface area contributed by atoms with Crippen LogP contribution in [0.2, 0.25) is 0 Å². The quantitative estimate of drug-likeness (QED) is 0.844. The predicted octanol–water partition coefficient (Wildman–Crippen LogP) is 3.40. The van der Waals surface area contributed by atoms with Crippen molar-refractivity contribution in [2.45, 2.75) is 44.0 Å². The third-order valence-corrected chi connectivity index (χ3v) is 6.08. The Balaban J connectivity index is 1.63. The van der Waals surface area contributed by atoms with Gasteiger partial charge in [-0.2, -0.15) is 0 Å². The number of carbonyl (C=O) groups excluding carboxylic acids is 1. The first-order valence-corrected chi connectivity index (χ1v) is 10.5. The van der Waals surface area contributed by atoms with Gasteiger partial charge in [0.1, 0.15) is 18.0 Å². The van der Waals surface area contributed by atoms with Gasteiger partial charge in [0, 0.05) is 6.54 Å². The Labute approximate surface area is 176 Å². The summed E-state index contributed by atoms with van der Waals surface area (Å²) in [6, 6.07) is 14.1. The van der Waals surface area contributed by atoms with E-state index in [1.54, 1.807) is 12.1 Å². The molecule has 2 aromatic rings. The number of likely N-dealkylation sites (N-methyl/N-ethyl adjacent to an activating group) is 1. The Bertz CT molecular complexity index is 940. The lowest BCUT2D eigenvalue weighted by atomic mass is 9.87. The maximum Gasteiger partial charge on any atom is 0.292 e. The molecule has 0 unspecified atom stereocenters. The van der Waals surface area contributed by atoms with Crippen molar-refractivity contribution in [3.8, 4) is 6.57 Å². The third kappa shape index (κ3) is 3.96. The Hall–Kier alpha value is -2.75. The van der Waals surface area contributed by atoms with Crippen molar-refractivity contribution < 1.29 is 13.9 Å². The van der Waals surface area contributed by atoms with E-state index in [1.807, 2.05) is 30.0 Å². The Kier molecular flexibility index (Phi) is 6.12.